The van der Waals surface area contributed by atoms with Crippen molar-refractivity contribution in [2.45, 2.75) is 32.9 Å². The molecule has 2 N–H and O–H groups in total. The number of benzene rings is 4. The minimum Gasteiger partial charge on any atom is -0.322 e. The van der Waals surface area contributed by atoms with Gasteiger partial charge in [0.2, 0.25) is 0 Å². The van der Waals surface area contributed by atoms with Gasteiger partial charge in [-0.05, 0) is 89.2 Å². The minimum atomic E-state index is -0.110. The maximum atomic E-state index is 12.8. The summed E-state index contributed by atoms with van der Waals surface area (Å²) in [6.07, 6.45) is 2.73. The monoisotopic (exact) mass is 472 g/mol. The molecule has 0 atom stereocenters. The van der Waals surface area contributed by atoms with Crippen LogP contribution in [0, 0.1) is 0 Å². The van der Waals surface area contributed by atoms with Crippen molar-refractivity contribution < 1.29 is 9.59 Å². The molecule has 0 saturated heterocycles. The molecule has 36 heavy (non-hydrogen) atoms. The summed E-state index contributed by atoms with van der Waals surface area (Å²) in [6.45, 7) is 4.25. The van der Waals surface area contributed by atoms with Gasteiger partial charge in [-0.15, -0.1) is 0 Å². The van der Waals surface area contributed by atoms with Gasteiger partial charge in [0.25, 0.3) is 11.8 Å². The predicted octanol–water partition coefficient (Wildman–Crippen LogP) is 6.31. The molecule has 0 radical (unpaired) electrons. The van der Waals surface area contributed by atoms with E-state index in [1.807, 2.05) is 72.8 Å². The van der Waals surface area contributed by atoms with Gasteiger partial charge < -0.3 is 10.6 Å². The molecule has 4 nitrogen and oxygen atoms in total. The maximum Gasteiger partial charge on any atom is 0.255 e. The highest BCUT2D eigenvalue weighted by molar-refractivity contribution is 6.32. The third-order valence-electron chi connectivity index (χ3n) is 6.78. The van der Waals surface area contributed by atoms with Crippen molar-refractivity contribution in [2.75, 3.05) is 10.6 Å². The van der Waals surface area contributed by atoms with Gasteiger partial charge in [0, 0.05) is 22.5 Å². The summed E-state index contributed by atoms with van der Waals surface area (Å²) in [5.41, 5.74) is 9.99. The van der Waals surface area contributed by atoms with Gasteiger partial charge in [0.05, 0.1) is 0 Å². The van der Waals surface area contributed by atoms with Crippen molar-refractivity contribution in [3.05, 3.63) is 118 Å². The molecule has 5 heteroatoms. The number of anilines is 2. The third-order valence-corrected chi connectivity index (χ3v) is 6.78. The highest BCUT2D eigenvalue weighted by Crippen LogP contribution is 2.39. The minimum absolute atomic E-state index is 0.106. The topological polar surface area (TPSA) is 58.2 Å². The lowest BCUT2D eigenvalue weighted by Crippen LogP contribution is -2.12. The Kier molecular flexibility index (Phi) is 6.72. The van der Waals surface area contributed by atoms with E-state index in [2.05, 4.69) is 36.5 Å². The van der Waals surface area contributed by atoms with Gasteiger partial charge >= 0.3 is 0 Å². The molecule has 5 rings (SSSR count). The van der Waals surface area contributed by atoms with E-state index in [1.165, 1.54) is 33.4 Å². The first kappa shape index (κ1) is 23.6. The van der Waals surface area contributed by atoms with Crippen LogP contribution in [0.2, 0.25) is 6.82 Å². The van der Waals surface area contributed by atoms with Crippen LogP contribution in [0.5, 0.6) is 0 Å². The Labute approximate surface area is 213 Å². The fourth-order valence-electron chi connectivity index (χ4n) is 4.78. The quantitative estimate of drug-likeness (QED) is 0.273. The fourth-order valence-corrected chi connectivity index (χ4v) is 4.78. The van der Waals surface area contributed by atoms with E-state index in [9.17, 15) is 9.59 Å². The van der Waals surface area contributed by atoms with Crippen molar-refractivity contribution in [3.63, 3.8) is 0 Å². The van der Waals surface area contributed by atoms with E-state index in [0.29, 0.717) is 11.1 Å². The van der Waals surface area contributed by atoms with E-state index in [1.54, 1.807) is 0 Å². The molecule has 0 unspecified atom stereocenters. The lowest BCUT2D eigenvalue weighted by Gasteiger charge is -2.09. The highest BCUT2D eigenvalue weighted by atomic mass is 16.2. The Bertz CT molecular complexity index is 1430. The second kappa shape index (κ2) is 10.2. The SMILES string of the molecule is CBCc1ccc(C(=O)Nc2ccc3c(c2)Cc2cc(NC(=O)c4ccc(CC)cc4)ccc2-3)cc1. The maximum absolute atomic E-state index is 12.8. The standard InChI is InChI=1S/C31H29BN2O2/c1-3-20-4-8-22(9-5-20)30(35)33-26-12-14-28-24(17-26)16-25-18-27(13-15-29(25)28)34-31(36)23-10-6-21(7-11-23)19-32-2/h4-15,17-18,32H,3,16,19H2,1-2H3,(H,33,35)(H,34,36). The fraction of sp³-hybridized carbons (Fsp3) is 0.161. The van der Waals surface area contributed by atoms with Crippen LogP contribution in [0.4, 0.5) is 11.4 Å². The molecule has 0 aliphatic heterocycles. The number of hydrogen-bond donors (Lipinski definition) is 2. The Hall–Kier alpha value is -4.12. The smallest absolute Gasteiger partial charge is 0.255 e. The molecule has 178 valence electrons. The number of hydrogen-bond acceptors (Lipinski definition) is 2. The summed E-state index contributed by atoms with van der Waals surface area (Å²) < 4.78 is 0. The van der Waals surface area contributed by atoms with Crippen LogP contribution < -0.4 is 10.6 Å². The number of nitrogens with one attached hydrogen (secondary N) is 2. The molecule has 4 aromatic carbocycles. The van der Waals surface area contributed by atoms with Crippen molar-refractivity contribution in [1.29, 1.82) is 0 Å². The zero-order chi connectivity index (χ0) is 25.1. The molecule has 1 aliphatic rings. The molecule has 0 spiro atoms. The lowest BCUT2D eigenvalue weighted by atomic mass is 9.75. The number of amides is 2. The Morgan fingerprint density at radius 3 is 1.61 bits per heavy atom. The Balaban J connectivity index is 1.27. The zero-order valence-corrected chi connectivity index (χ0v) is 20.7. The van der Waals surface area contributed by atoms with Crippen molar-refractivity contribution >= 4 is 30.5 Å². The van der Waals surface area contributed by atoms with Gasteiger partial charge in [-0.2, -0.15) is 0 Å². The van der Waals surface area contributed by atoms with Gasteiger partial charge in [-0.1, -0.05) is 62.0 Å². The lowest BCUT2D eigenvalue weighted by molar-refractivity contribution is 0.101. The molecule has 1 aliphatic carbocycles. The molecule has 2 amide bonds. The number of carbonyl (C=O) groups is 2. The number of fused-ring (bicyclic) bond motifs is 3. The Morgan fingerprint density at radius 2 is 1.17 bits per heavy atom. The van der Waals surface area contributed by atoms with Gasteiger partial charge in [-0.3, -0.25) is 9.59 Å². The van der Waals surface area contributed by atoms with E-state index in [0.717, 1.165) is 37.8 Å². The van der Waals surface area contributed by atoms with E-state index in [-0.39, 0.29) is 11.8 Å². The first-order valence-corrected chi connectivity index (χ1v) is 12.6. The van der Waals surface area contributed by atoms with Crippen molar-refractivity contribution in [1.82, 2.24) is 0 Å². The summed E-state index contributed by atoms with van der Waals surface area (Å²) in [4.78, 5) is 25.4. The largest absolute Gasteiger partial charge is 0.322 e. The normalized spacial score (nSPS) is 11.4. The highest BCUT2D eigenvalue weighted by Gasteiger charge is 2.20. The molecule has 0 bridgehead atoms. The molecule has 0 heterocycles. The zero-order valence-electron chi connectivity index (χ0n) is 20.7. The molecular weight excluding hydrogens is 443 g/mol. The van der Waals surface area contributed by atoms with Crippen molar-refractivity contribution in [2.24, 2.45) is 0 Å². The third kappa shape index (κ3) is 4.96. The van der Waals surface area contributed by atoms with Crippen LogP contribution in [0.1, 0.15) is 49.9 Å². The van der Waals surface area contributed by atoms with Crippen LogP contribution in [0.25, 0.3) is 11.1 Å². The molecule has 0 aromatic heterocycles. The number of rotatable bonds is 7. The molecule has 0 fully saturated rings. The van der Waals surface area contributed by atoms with Gasteiger partial charge in [-0.25, -0.2) is 0 Å². The van der Waals surface area contributed by atoms with Gasteiger partial charge in [0.15, 0.2) is 0 Å². The van der Waals surface area contributed by atoms with Crippen LogP contribution in [0.15, 0.2) is 84.9 Å². The average Bonchev–Trinajstić information content (AvgIpc) is 3.26. The number of carbonyl (C=O) groups excluding carboxylic acids is 2. The summed E-state index contributed by atoms with van der Waals surface area (Å²) in [7, 11) is 1.09. The summed E-state index contributed by atoms with van der Waals surface area (Å²) in [5, 5.41) is 6.06. The van der Waals surface area contributed by atoms with Gasteiger partial charge in [0.1, 0.15) is 7.28 Å². The summed E-state index contributed by atoms with van der Waals surface area (Å²) in [5.74, 6) is -0.216. The average molecular weight is 472 g/mol. The van der Waals surface area contributed by atoms with Crippen LogP contribution in [-0.4, -0.2) is 19.1 Å². The summed E-state index contributed by atoms with van der Waals surface area (Å²) in [6, 6.07) is 27.7. The van der Waals surface area contributed by atoms with Crippen LogP contribution >= 0.6 is 0 Å². The molecule has 0 saturated carbocycles. The van der Waals surface area contributed by atoms with Crippen molar-refractivity contribution in [3.8, 4) is 11.1 Å². The predicted molar refractivity (Wildman–Crippen MR) is 150 cm³/mol. The molecule has 4 aromatic rings. The summed E-state index contributed by atoms with van der Waals surface area (Å²) >= 11 is 0. The number of aryl methyl sites for hydroxylation is 1. The van der Waals surface area contributed by atoms with E-state index >= 15 is 0 Å². The second-order valence-corrected chi connectivity index (χ2v) is 9.33. The Morgan fingerprint density at radius 1 is 0.694 bits per heavy atom. The second-order valence-electron chi connectivity index (χ2n) is 9.33. The van der Waals surface area contributed by atoms with E-state index < -0.39 is 0 Å². The first-order chi connectivity index (χ1) is 17.5. The first-order valence-electron chi connectivity index (χ1n) is 12.6. The van der Waals surface area contributed by atoms with E-state index in [4.69, 9.17) is 0 Å². The molecular formula is C31H29BN2O2. The van der Waals surface area contributed by atoms with Crippen LogP contribution in [-0.2, 0) is 19.2 Å². The van der Waals surface area contributed by atoms with Crippen LogP contribution in [0.3, 0.4) is 0 Å².